The van der Waals surface area contributed by atoms with Crippen LogP contribution in [0.25, 0.3) is 11.4 Å². The van der Waals surface area contributed by atoms with E-state index in [2.05, 4.69) is 29.7 Å². The highest BCUT2D eigenvalue weighted by molar-refractivity contribution is 6.76. The summed E-state index contributed by atoms with van der Waals surface area (Å²) in [6.45, 7) is 8.31. The predicted octanol–water partition coefficient (Wildman–Crippen LogP) is 3.27. The van der Waals surface area contributed by atoms with Crippen molar-refractivity contribution >= 4 is 8.07 Å². The van der Waals surface area contributed by atoms with Crippen molar-refractivity contribution in [3.8, 4) is 17.3 Å². The van der Waals surface area contributed by atoms with E-state index in [1.54, 1.807) is 11.8 Å². The van der Waals surface area contributed by atoms with Crippen LogP contribution in [0.3, 0.4) is 0 Å². The van der Waals surface area contributed by atoms with Crippen molar-refractivity contribution in [1.82, 2.24) is 14.8 Å². The molecule has 21 heavy (non-hydrogen) atoms. The summed E-state index contributed by atoms with van der Waals surface area (Å²) < 4.78 is 12.6. The van der Waals surface area contributed by atoms with Gasteiger partial charge in [0.15, 0.2) is 0 Å². The average Bonchev–Trinajstić information content (AvgIpc) is 2.91. The van der Waals surface area contributed by atoms with Crippen LogP contribution in [0.5, 0.6) is 5.88 Å². The molecule has 6 heteroatoms. The van der Waals surface area contributed by atoms with Crippen molar-refractivity contribution in [1.29, 1.82) is 0 Å². The molecule has 0 amide bonds. The molecule has 0 bridgehead atoms. The highest BCUT2D eigenvalue weighted by Crippen LogP contribution is 2.17. The van der Waals surface area contributed by atoms with Crippen molar-refractivity contribution < 1.29 is 9.47 Å². The van der Waals surface area contributed by atoms with Gasteiger partial charge in [-0.1, -0.05) is 25.7 Å². The quantitative estimate of drug-likeness (QED) is 0.582. The molecule has 0 fully saturated rings. The molecule has 2 rings (SSSR count). The highest BCUT2D eigenvalue weighted by Gasteiger charge is 2.12. The summed E-state index contributed by atoms with van der Waals surface area (Å²) >= 11 is 0. The van der Waals surface area contributed by atoms with E-state index in [0.29, 0.717) is 12.6 Å². The van der Waals surface area contributed by atoms with E-state index in [1.165, 1.54) is 6.04 Å². The lowest BCUT2D eigenvalue weighted by molar-refractivity contribution is 0.0787. The summed E-state index contributed by atoms with van der Waals surface area (Å²) in [5, 5.41) is 4.47. The molecule has 2 aromatic rings. The number of rotatable bonds is 7. The van der Waals surface area contributed by atoms with Gasteiger partial charge in [-0.15, -0.1) is 0 Å². The molecule has 0 saturated heterocycles. The molecule has 0 spiro atoms. The van der Waals surface area contributed by atoms with E-state index in [0.717, 1.165) is 18.0 Å². The molecule has 0 N–H and O–H groups in total. The average molecular weight is 305 g/mol. The first-order valence-electron chi connectivity index (χ1n) is 7.10. The van der Waals surface area contributed by atoms with Gasteiger partial charge < -0.3 is 9.47 Å². The van der Waals surface area contributed by atoms with Crippen LogP contribution >= 0.6 is 0 Å². The highest BCUT2D eigenvalue weighted by atomic mass is 28.3. The van der Waals surface area contributed by atoms with Crippen LogP contribution in [-0.4, -0.2) is 36.6 Å². The van der Waals surface area contributed by atoms with Crippen LogP contribution in [0.1, 0.15) is 0 Å². The minimum atomic E-state index is -1.03. The van der Waals surface area contributed by atoms with Gasteiger partial charge in [0.1, 0.15) is 12.4 Å². The second kappa shape index (κ2) is 6.86. The second-order valence-electron chi connectivity index (χ2n) is 6.15. The number of hydrogen-bond donors (Lipinski definition) is 0. The molecule has 2 aromatic heterocycles. The molecule has 0 saturated carbocycles. The standard InChI is InChI=1S/C15H23N3O2Si/c1-19-15-7-5-6-13(16-15)14-8-9-18(17-14)12-20-10-11-21(2,3)4/h5-9H,10-12H2,1-4H3. The Morgan fingerprint density at radius 2 is 1.95 bits per heavy atom. The van der Waals surface area contributed by atoms with Crippen molar-refractivity contribution in [2.24, 2.45) is 0 Å². The van der Waals surface area contributed by atoms with E-state index >= 15 is 0 Å². The van der Waals surface area contributed by atoms with Gasteiger partial charge in [0, 0.05) is 26.9 Å². The first-order valence-corrected chi connectivity index (χ1v) is 10.8. The van der Waals surface area contributed by atoms with Gasteiger partial charge in [-0.25, -0.2) is 9.67 Å². The van der Waals surface area contributed by atoms with E-state index in [9.17, 15) is 0 Å². The van der Waals surface area contributed by atoms with Crippen molar-refractivity contribution in [2.75, 3.05) is 13.7 Å². The summed E-state index contributed by atoms with van der Waals surface area (Å²) in [4.78, 5) is 4.37. The van der Waals surface area contributed by atoms with Crippen LogP contribution in [0, 0.1) is 0 Å². The Hall–Kier alpha value is -1.66. The van der Waals surface area contributed by atoms with E-state index < -0.39 is 8.07 Å². The number of hydrogen-bond acceptors (Lipinski definition) is 4. The minimum absolute atomic E-state index is 0.481. The monoisotopic (exact) mass is 305 g/mol. The molecule has 0 unspecified atom stereocenters. The normalized spacial score (nSPS) is 11.6. The van der Waals surface area contributed by atoms with Crippen LogP contribution in [-0.2, 0) is 11.5 Å². The third-order valence-corrected chi connectivity index (χ3v) is 4.76. The Morgan fingerprint density at radius 3 is 2.67 bits per heavy atom. The largest absolute Gasteiger partial charge is 0.481 e. The maximum atomic E-state index is 5.68. The number of methoxy groups -OCH3 is 1. The maximum absolute atomic E-state index is 5.68. The Bertz CT molecular complexity index is 578. The van der Waals surface area contributed by atoms with Crippen molar-refractivity contribution in [3.63, 3.8) is 0 Å². The van der Waals surface area contributed by atoms with E-state index in [4.69, 9.17) is 9.47 Å². The number of nitrogens with zero attached hydrogens (tertiary/aromatic N) is 3. The molecule has 0 aliphatic carbocycles. The SMILES string of the molecule is COc1cccc(-c2ccn(COCC[Si](C)(C)C)n2)n1. The van der Waals surface area contributed by atoms with Crippen LogP contribution in [0.2, 0.25) is 25.7 Å². The zero-order chi connectivity index (χ0) is 15.3. The molecule has 0 aromatic carbocycles. The topological polar surface area (TPSA) is 49.2 Å². The summed E-state index contributed by atoms with van der Waals surface area (Å²) in [5.74, 6) is 0.591. The smallest absolute Gasteiger partial charge is 0.213 e. The molecule has 0 atom stereocenters. The first kappa shape index (κ1) is 15.7. The number of ether oxygens (including phenoxy) is 2. The molecular weight excluding hydrogens is 282 g/mol. The second-order valence-corrected chi connectivity index (χ2v) is 11.8. The minimum Gasteiger partial charge on any atom is -0.481 e. The Morgan fingerprint density at radius 1 is 1.14 bits per heavy atom. The fourth-order valence-electron chi connectivity index (χ4n) is 1.78. The molecule has 2 heterocycles. The van der Waals surface area contributed by atoms with Gasteiger partial charge in [0.2, 0.25) is 5.88 Å². The number of aromatic nitrogens is 3. The fourth-order valence-corrected chi connectivity index (χ4v) is 2.53. The molecular formula is C15H23N3O2Si. The lowest BCUT2D eigenvalue weighted by Gasteiger charge is -2.15. The van der Waals surface area contributed by atoms with Crippen LogP contribution in [0.15, 0.2) is 30.5 Å². The van der Waals surface area contributed by atoms with Gasteiger partial charge in [-0.2, -0.15) is 5.10 Å². The van der Waals surface area contributed by atoms with E-state index in [-0.39, 0.29) is 0 Å². The summed E-state index contributed by atoms with van der Waals surface area (Å²) in [6, 6.07) is 8.74. The van der Waals surface area contributed by atoms with Gasteiger partial charge in [-0.3, -0.25) is 0 Å². The molecule has 0 aliphatic rings. The van der Waals surface area contributed by atoms with E-state index in [1.807, 2.05) is 30.5 Å². The Labute approximate surface area is 126 Å². The predicted molar refractivity (Wildman–Crippen MR) is 86.1 cm³/mol. The molecule has 5 nitrogen and oxygen atoms in total. The first-order chi connectivity index (χ1) is 9.98. The molecule has 0 aliphatic heterocycles. The lowest BCUT2D eigenvalue weighted by atomic mass is 10.3. The summed E-state index contributed by atoms with van der Waals surface area (Å²) in [7, 11) is 0.576. The van der Waals surface area contributed by atoms with Gasteiger partial charge >= 0.3 is 0 Å². The lowest BCUT2D eigenvalue weighted by Crippen LogP contribution is -2.22. The third kappa shape index (κ3) is 4.98. The molecule has 0 radical (unpaired) electrons. The summed E-state index contributed by atoms with van der Waals surface area (Å²) in [5.41, 5.74) is 1.62. The Balaban J connectivity index is 1.92. The van der Waals surface area contributed by atoms with Crippen molar-refractivity contribution in [3.05, 3.63) is 30.5 Å². The van der Waals surface area contributed by atoms with Gasteiger partial charge in [0.05, 0.1) is 12.8 Å². The zero-order valence-electron chi connectivity index (χ0n) is 13.2. The van der Waals surface area contributed by atoms with Crippen LogP contribution < -0.4 is 4.74 Å². The van der Waals surface area contributed by atoms with Gasteiger partial charge in [-0.05, 0) is 18.2 Å². The van der Waals surface area contributed by atoms with Gasteiger partial charge in [0.25, 0.3) is 0 Å². The van der Waals surface area contributed by atoms with Crippen LogP contribution in [0.4, 0.5) is 0 Å². The summed E-state index contributed by atoms with van der Waals surface area (Å²) in [6.07, 6.45) is 1.91. The Kier molecular flexibility index (Phi) is 5.14. The third-order valence-electron chi connectivity index (χ3n) is 3.06. The molecule has 114 valence electrons. The van der Waals surface area contributed by atoms with Crippen molar-refractivity contribution in [2.45, 2.75) is 32.4 Å². The zero-order valence-corrected chi connectivity index (χ0v) is 14.2. The number of pyridine rings is 1. The fraction of sp³-hybridized carbons (Fsp3) is 0.467. The maximum Gasteiger partial charge on any atom is 0.213 e.